The van der Waals surface area contributed by atoms with Crippen molar-refractivity contribution in [1.29, 1.82) is 5.26 Å². The van der Waals surface area contributed by atoms with Crippen LogP contribution in [0.15, 0.2) is 101 Å². The Kier molecular flexibility index (Phi) is 8.82. The van der Waals surface area contributed by atoms with Crippen molar-refractivity contribution >= 4 is 17.8 Å². The molecule has 2 heterocycles. The van der Waals surface area contributed by atoms with Gasteiger partial charge in [-0.1, -0.05) is 18.2 Å². The summed E-state index contributed by atoms with van der Waals surface area (Å²) in [5.41, 5.74) is 6.85. The number of hydrogen-bond donors (Lipinski definition) is 1. The Morgan fingerprint density at radius 1 is 1.00 bits per heavy atom. The van der Waals surface area contributed by atoms with Gasteiger partial charge in [-0.05, 0) is 74.5 Å². The number of nitro groups is 1. The number of hydrogen-bond acceptors (Lipinski definition) is 8. The molecule has 0 atom stereocenters. The minimum absolute atomic E-state index is 0.0123. The molecule has 3 aromatic carbocycles. The molecule has 0 spiro atoms. The second-order valence-corrected chi connectivity index (χ2v) is 9.74. The summed E-state index contributed by atoms with van der Waals surface area (Å²) in [4.78, 5) is 23.4. The SMILES string of the molecule is Cc1ccc(C)n1-c1ccc(OCc2ccc(C(=O)N/N=C/c3cc([N+](=O)[O-])ccc3OCc3ccccc3C#N)o2)cc1. The summed E-state index contributed by atoms with van der Waals surface area (Å²) < 4.78 is 19.4. The molecule has 2 aromatic heterocycles. The molecule has 0 aliphatic carbocycles. The lowest BCUT2D eigenvalue weighted by Crippen LogP contribution is -2.17. The highest BCUT2D eigenvalue weighted by Gasteiger charge is 2.14. The van der Waals surface area contributed by atoms with Gasteiger partial charge in [0.1, 0.15) is 30.5 Å². The summed E-state index contributed by atoms with van der Waals surface area (Å²) in [5.74, 6) is 0.760. The van der Waals surface area contributed by atoms with E-state index in [0.29, 0.717) is 22.6 Å². The third kappa shape index (κ3) is 6.83. The number of hydrazone groups is 1. The van der Waals surface area contributed by atoms with Gasteiger partial charge in [-0.25, -0.2) is 5.43 Å². The van der Waals surface area contributed by atoms with Gasteiger partial charge < -0.3 is 18.5 Å². The quantitative estimate of drug-likeness (QED) is 0.107. The van der Waals surface area contributed by atoms with Gasteiger partial charge >= 0.3 is 5.91 Å². The van der Waals surface area contributed by atoms with E-state index < -0.39 is 10.8 Å². The maximum Gasteiger partial charge on any atom is 0.307 e. The van der Waals surface area contributed by atoms with Gasteiger partial charge in [0.15, 0.2) is 5.76 Å². The van der Waals surface area contributed by atoms with Crippen molar-refractivity contribution in [2.24, 2.45) is 5.10 Å². The van der Waals surface area contributed by atoms with Gasteiger partial charge in [-0.2, -0.15) is 10.4 Å². The summed E-state index contributed by atoms with van der Waals surface area (Å²) in [6.45, 7) is 4.27. The Balaban J connectivity index is 1.20. The topological polar surface area (TPSA) is 145 Å². The molecule has 44 heavy (non-hydrogen) atoms. The number of nitrogens with one attached hydrogen (secondary N) is 1. The Bertz CT molecular complexity index is 1860. The van der Waals surface area contributed by atoms with Gasteiger partial charge in [0.05, 0.1) is 22.8 Å². The molecule has 0 aliphatic heterocycles. The lowest BCUT2D eigenvalue weighted by Gasteiger charge is -2.10. The molecule has 0 radical (unpaired) electrons. The number of carbonyl (C=O) groups is 1. The molecule has 5 aromatic rings. The monoisotopic (exact) mass is 589 g/mol. The molecular formula is C33H27N5O6. The predicted octanol–water partition coefficient (Wildman–Crippen LogP) is 6.39. The van der Waals surface area contributed by atoms with Crippen LogP contribution in [0.25, 0.3) is 5.69 Å². The van der Waals surface area contributed by atoms with E-state index in [1.165, 1.54) is 30.5 Å². The summed E-state index contributed by atoms with van der Waals surface area (Å²) in [6, 6.07) is 28.0. The largest absolute Gasteiger partial charge is 0.488 e. The number of nitriles is 1. The van der Waals surface area contributed by atoms with Crippen molar-refractivity contribution in [3.63, 3.8) is 0 Å². The van der Waals surface area contributed by atoms with Crippen molar-refractivity contribution in [2.75, 3.05) is 0 Å². The van der Waals surface area contributed by atoms with E-state index in [9.17, 15) is 20.2 Å². The highest BCUT2D eigenvalue weighted by molar-refractivity contribution is 5.93. The van der Waals surface area contributed by atoms with E-state index in [1.54, 1.807) is 30.3 Å². The predicted molar refractivity (Wildman–Crippen MR) is 162 cm³/mol. The van der Waals surface area contributed by atoms with Gasteiger partial charge in [0.2, 0.25) is 0 Å². The second-order valence-electron chi connectivity index (χ2n) is 9.74. The highest BCUT2D eigenvalue weighted by atomic mass is 16.6. The van der Waals surface area contributed by atoms with E-state index in [-0.39, 0.29) is 36.0 Å². The van der Waals surface area contributed by atoms with Crippen molar-refractivity contribution in [3.05, 3.63) is 141 Å². The number of aryl methyl sites for hydroxylation is 2. The number of benzene rings is 3. The fourth-order valence-electron chi connectivity index (χ4n) is 4.51. The van der Waals surface area contributed by atoms with Crippen molar-refractivity contribution < 1.29 is 23.6 Å². The Labute approximate surface area is 252 Å². The third-order valence-electron chi connectivity index (χ3n) is 6.73. The van der Waals surface area contributed by atoms with E-state index in [0.717, 1.165) is 17.1 Å². The minimum atomic E-state index is -0.620. The molecule has 220 valence electrons. The first-order valence-corrected chi connectivity index (χ1v) is 13.5. The zero-order valence-electron chi connectivity index (χ0n) is 23.9. The molecule has 0 saturated heterocycles. The highest BCUT2D eigenvalue weighted by Crippen LogP contribution is 2.25. The van der Waals surface area contributed by atoms with E-state index >= 15 is 0 Å². The molecular weight excluding hydrogens is 562 g/mol. The van der Waals surface area contributed by atoms with Crippen LogP contribution in [0.5, 0.6) is 11.5 Å². The molecule has 5 rings (SSSR count). The first-order chi connectivity index (χ1) is 21.3. The average Bonchev–Trinajstić information content (AvgIpc) is 3.65. The number of rotatable bonds is 11. The molecule has 1 amide bonds. The Hall–Kier alpha value is -6.15. The summed E-state index contributed by atoms with van der Waals surface area (Å²) in [7, 11) is 0. The summed E-state index contributed by atoms with van der Waals surface area (Å²) in [6.07, 6.45) is 1.24. The number of ether oxygens (including phenoxy) is 2. The zero-order valence-corrected chi connectivity index (χ0v) is 23.9. The van der Waals surface area contributed by atoms with Crippen LogP contribution in [0.1, 0.15) is 44.4 Å². The first kappa shape index (κ1) is 29.3. The molecule has 0 fully saturated rings. The first-order valence-electron chi connectivity index (χ1n) is 13.5. The van der Waals surface area contributed by atoms with Crippen LogP contribution in [0.3, 0.4) is 0 Å². The summed E-state index contributed by atoms with van der Waals surface area (Å²) >= 11 is 0. The number of non-ortho nitro benzene ring substituents is 1. The van der Waals surface area contributed by atoms with E-state index in [2.05, 4.69) is 33.3 Å². The van der Waals surface area contributed by atoms with E-state index in [4.69, 9.17) is 13.9 Å². The van der Waals surface area contributed by atoms with Crippen LogP contribution in [0.4, 0.5) is 5.69 Å². The van der Waals surface area contributed by atoms with Crippen molar-refractivity contribution in [3.8, 4) is 23.3 Å². The van der Waals surface area contributed by atoms with Crippen LogP contribution >= 0.6 is 0 Å². The molecule has 0 bridgehead atoms. The number of amides is 1. The number of carbonyl (C=O) groups excluding carboxylic acids is 1. The van der Waals surface area contributed by atoms with E-state index in [1.807, 2.05) is 38.1 Å². The van der Waals surface area contributed by atoms with Gasteiger partial charge in [0.25, 0.3) is 5.69 Å². The fourth-order valence-corrected chi connectivity index (χ4v) is 4.51. The number of aromatic nitrogens is 1. The molecule has 11 nitrogen and oxygen atoms in total. The Morgan fingerprint density at radius 3 is 2.48 bits per heavy atom. The Morgan fingerprint density at radius 2 is 1.75 bits per heavy atom. The second kappa shape index (κ2) is 13.2. The standard InChI is InChI=1S/C33H27N5O6/c1-22-7-8-23(2)37(22)27-9-12-29(13-10-27)42-21-30-14-16-32(44-30)33(39)36-35-19-26-17-28(38(40)41)11-15-31(26)43-20-25-6-4-3-5-24(25)18-34/h3-17,19H,20-21H2,1-2H3,(H,36,39)/b35-19+. The molecule has 11 heteroatoms. The molecule has 0 unspecified atom stereocenters. The summed E-state index contributed by atoms with van der Waals surface area (Å²) in [5, 5.41) is 24.6. The normalized spacial score (nSPS) is 10.8. The maximum absolute atomic E-state index is 12.6. The minimum Gasteiger partial charge on any atom is -0.488 e. The van der Waals surface area contributed by atoms with Crippen molar-refractivity contribution in [2.45, 2.75) is 27.1 Å². The number of nitro benzene ring substituents is 1. The van der Waals surface area contributed by atoms with Crippen LogP contribution < -0.4 is 14.9 Å². The lowest BCUT2D eigenvalue weighted by molar-refractivity contribution is -0.384. The lowest BCUT2D eigenvalue weighted by atomic mass is 10.1. The molecule has 0 saturated carbocycles. The van der Waals surface area contributed by atoms with Gasteiger partial charge in [0, 0.05) is 40.3 Å². The number of furan rings is 1. The van der Waals surface area contributed by atoms with Gasteiger partial charge in [-0.15, -0.1) is 0 Å². The third-order valence-corrected chi connectivity index (χ3v) is 6.73. The van der Waals surface area contributed by atoms with Gasteiger partial charge in [-0.3, -0.25) is 14.9 Å². The van der Waals surface area contributed by atoms with Crippen molar-refractivity contribution in [1.82, 2.24) is 9.99 Å². The molecule has 0 aliphatic rings. The van der Waals surface area contributed by atoms with Crippen LogP contribution in [-0.2, 0) is 13.2 Å². The zero-order chi connectivity index (χ0) is 31.1. The maximum atomic E-state index is 12.6. The molecule has 1 N–H and O–H groups in total. The van der Waals surface area contributed by atoms with Crippen LogP contribution in [0.2, 0.25) is 0 Å². The van der Waals surface area contributed by atoms with Crippen LogP contribution in [-0.4, -0.2) is 21.6 Å². The van der Waals surface area contributed by atoms with Crippen LogP contribution in [0, 0.1) is 35.3 Å². The fraction of sp³-hybridized carbons (Fsp3) is 0.121. The number of nitrogens with zero attached hydrogens (tertiary/aromatic N) is 4. The average molecular weight is 590 g/mol. The smallest absolute Gasteiger partial charge is 0.307 e.